The fourth-order valence-electron chi connectivity index (χ4n) is 1.87. The first-order chi connectivity index (χ1) is 11.9. The summed E-state index contributed by atoms with van der Waals surface area (Å²) in [6.07, 6.45) is 0. The van der Waals surface area contributed by atoms with Gasteiger partial charge in [-0.15, -0.1) is 0 Å². The van der Waals surface area contributed by atoms with Gasteiger partial charge < -0.3 is 10.3 Å². The molecule has 0 radical (unpaired) electrons. The number of aromatic amines is 1. The van der Waals surface area contributed by atoms with E-state index in [0.29, 0.717) is 16.6 Å². The van der Waals surface area contributed by atoms with Crippen LogP contribution in [-0.4, -0.2) is 26.9 Å². The predicted molar refractivity (Wildman–Crippen MR) is 97.0 cm³/mol. The number of carbonyl (C=O) groups is 1. The average Bonchev–Trinajstić information content (AvgIpc) is 2.55. The van der Waals surface area contributed by atoms with Crippen LogP contribution in [0.4, 0.5) is 14.5 Å². The maximum absolute atomic E-state index is 13.6. The molecule has 2 N–H and O–H groups in total. The zero-order valence-corrected chi connectivity index (χ0v) is 15.3. The van der Waals surface area contributed by atoms with E-state index >= 15 is 0 Å². The molecule has 0 bridgehead atoms. The molecule has 2 rings (SSSR count). The monoisotopic (exact) mass is 385 g/mol. The first kappa shape index (κ1) is 19.5. The number of nitrogens with one attached hydrogen (secondary N) is 2. The van der Waals surface area contributed by atoms with Gasteiger partial charge in [0, 0.05) is 17.9 Å². The predicted octanol–water partition coefficient (Wildman–Crippen LogP) is 3.42. The maximum atomic E-state index is 13.6. The summed E-state index contributed by atoms with van der Waals surface area (Å²) in [6.45, 7) is 3.59. The van der Waals surface area contributed by atoms with E-state index in [1.807, 2.05) is 6.92 Å². The number of aromatic nitrogens is 2. The molecule has 9 heteroatoms. The zero-order valence-electron chi connectivity index (χ0n) is 13.6. The molecule has 1 atom stereocenters. The van der Waals surface area contributed by atoms with Gasteiger partial charge in [0.05, 0.1) is 16.6 Å². The SMILES string of the molecule is CCSCc1cc(=O)[nH]c(SC(C)C(=O)Nc2cc(F)ccc2F)n1. The Balaban J connectivity index is 2.07. The molecule has 0 spiro atoms. The number of H-pyrrole nitrogens is 1. The molecule has 0 fully saturated rings. The Bertz CT molecular complexity index is 814. The van der Waals surface area contributed by atoms with Crippen LogP contribution in [0.25, 0.3) is 0 Å². The molecular weight excluding hydrogens is 368 g/mol. The minimum absolute atomic E-state index is 0.230. The van der Waals surface area contributed by atoms with E-state index in [0.717, 1.165) is 35.7 Å². The number of amides is 1. The summed E-state index contributed by atoms with van der Waals surface area (Å²) in [5.41, 5.74) is 0.0990. The van der Waals surface area contributed by atoms with E-state index in [2.05, 4.69) is 15.3 Å². The van der Waals surface area contributed by atoms with Crippen LogP contribution >= 0.6 is 23.5 Å². The van der Waals surface area contributed by atoms with Gasteiger partial charge in [0.15, 0.2) is 5.16 Å². The summed E-state index contributed by atoms with van der Waals surface area (Å²) in [4.78, 5) is 30.7. The average molecular weight is 385 g/mol. The van der Waals surface area contributed by atoms with Gasteiger partial charge in [0.2, 0.25) is 5.91 Å². The van der Waals surface area contributed by atoms with Crippen molar-refractivity contribution < 1.29 is 13.6 Å². The highest BCUT2D eigenvalue weighted by atomic mass is 32.2. The second-order valence-electron chi connectivity index (χ2n) is 5.05. The molecule has 1 aromatic carbocycles. The standard InChI is InChI=1S/C16H17F2N3O2S2/c1-3-24-8-11-7-14(22)21-16(19-11)25-9(2)15(23)20-13-6-10(17)4-5-12(13)18/h4-7,9H,3,8H2,1-2H3,(H,20,23)(H,19,21,22). The molecule has 0 aliphatic carbocycles. The van der Waals surface area contributed by atoms with E-state index in [4.69, 9.17) is 0 Å². The van der Waals surface area contributed by atoms with Crippen molar-refractivity contribution in [3.63, 3.8) is 0 Å². The lowest BCUT2D eigenvalue weighted by atomic mass is 10.3. The van der Waals surface area contributed by atoms with Crippen molar-refractivity contribution >= 4 is 35.1 Å². The van der Waals surface area contributed by atoms with Gasteiger partial charge in [-0.3, -0.25) is 9.59 Å². The Labute approximate surface area is 152 Å². The van der Waals surface area contributed by atoms with Crippen LogP contribution < -0.4 is 10.9 Å². The van der Waals surface area contributed by atoms with Gasteiger partial charge in [-0.1, -0.05) is 18.7 Å². The summed E-state index contributed by atoms with van der Waals surface area (Å²) in [5, 5.41) is 1.98. The van der Waals surface area contributed by atoms with Crippen LogP contribution in [0.5, 0.6) is 0 Å². The molecule has 1 amide bonds. The zero-order chi connectivity index (χ0) is 18.4. The van der Waals surface area contributed by atoms with Gasteiger partial charge >= 0.3 is 0 Å². The second-order valence-corrected chi connectivity index (χ2v) is 7.66. The number of benzene rings is 1. The normalized spacial score (nSPS) is 12.0. The first-order valence-corrected chi connectivity index (χ1v) is 9.53. The van der Waals surface area contributed by atoms with Gasteiger partial charge in [-0.05, 0) is 24.8 Å². The lowest BCUT2D eigenvalue weighted by molar-refractivity contribution is -0.115. The topological polar surface area (TPSA) is 74.8 Å². The van der Waals surface area contributed by atoms with Crippen molar-refractivity contribution in [3.05, 3.63) is 51.9 Å². The summed E-state index contributed by atoms with van der Waals surface area (Å²) >= 11 is 2.67. The van der Waals surface area contributed by atoms with Gasteiger partial charge in [-0.25, -0.2) is 13.8 Å². The number of anilines is 1. The van der Waals surface area contributed by atoms with Gasteiger partial charge in [-0.2, -0.15) is 11.8 Å². The van der Waals surface area contributed by atoms with E-state index in [1.54, 1.807) is 18.7 Å². The van der Waals surface area contributed by atoms with Crippen molar-refractivity contribution in [2.75, 3.05) is 11.1 Å². The van der Waals surface area contributed by atoms with Crippen molar-refractivity contribution in [2.24, 2.45) is 0 Å². The Morgan fingerprint density at radius 3 is 2.84 bits per heavy atom. The van der Waals surface area contributed by atoms with E-state index < -0.39 is 22.8 Å². The van der Waals surface area contributed by atoms with Crippen molar-refractivity contribution in [3.8, 4) is 0 Å². The van der Waals surface area contributed by atoms with Gasteiger partial charge in [0.1, 0.15) is 11.6 Å². The molecule has 0 aliphatic heterocycles. The third-order valence-electron chi connectivity index (χ3n) is 3.07. The second kappa shape index (κ2) is 9.00. The van der Waals surface area contributed by atoms with E-state index in [9.17, 15) is 18.4 Å². The van der Waals surface area contributed by atoms with Crippen LogP contribution in [-0.2, 0) is 10.5 Å². The smallest absolute Gasteiger partial charge is 0.251 e. The largest absolute Gasteiger partial charge is 0.323 e. The Morgan fingerprint density at radius 1 is 1.36 bits per heavy atom. The number of hydrogen-bond acceptors (Lipinski definition) is 5. The molecule has 1 aromatic heterocycles. The summed E-state index contributed by atoms with van der Waals surface area (Å²) in [5.74, 6) is -0.399. The summed E-state index contributed by atoms with van der Waals surface area (Å²) < 4.78 is 26.8. The van der Waals surface area contributed by atoms with E-state index in [-0.39, 0.29) is 11.2 Å². The number of thioether (sulfide) groups is 2. The summed E-state index contributed by atoms with van der Waals surface area (Å²) in [7, 11) is 0. The third-order valence-corrected chi connectivity index (χ3v) is 4.96. The molecular formula is C16H17F2N3O2S2. The number of rotatable bonds is 7. The minimum atomic E-state index is -0.725. The molecule has 0 aliphatic rings. The Hall–Kier alpha value is -1.87. The Morgan fingerprint density at radius 2 is 2.12 bits per heavy atom. The van der Waals surface area contributed by atoms with Gasteiger partial charge in [0.25, 0.3) is 5.56 Å². The van der Waals surface area contributed by atoms with Crippen LogP contribution in [0, 0.1) is 11.6 Å². The van der Waals surface area contributed by atoms with Crippen LogP contribution in [0.3, 0.4) is 0 Å². The van der Waals surface area contributed by atoms with Crippen molar-refractivity contribution in [2.45, 2.75) is 30.0 Å². The summed E-state index contributed by atoms with van der Waals surface area (Å²) in [6, 6.07) is 4.24. The number of halogens is 2. The highest BCUT2D eigenvalue weighted by Gasteiger charge is 2.18. The minimum Gasteiger partial charge on any atom is -0.323 e. The maximum Gasteiger partial charge on any atom is 0.251 e. The van der Waals surface area contributed by atoms with Crippen molar-refractivity contribution in [1.82, 2.24) is 9.97 Å². The molecule has 134 valence electrons. The third kappa shape index (κ3) is 5.86. The van der Waals surface area contributed by atoms with Crippen LogP contribution in [0.1, 0.15) is 19.5 Å². The molecule has 5 nitrogen and oxygen atoms in total. The first-order valence-electron chi connectivity index (χ1n) is 7.49. The van der Waals surface area contributed by atoms with Crippen molar-refractivity contribution in [1.29, 1.82) is 0 Å². The van der Waals surface area contributed by atoms with Crippen LogP contribution in [0.2, 0.25) is 0 Å². The molecule has 25 heavy (non-hydrogen) atoms. The lowest BCUT2D eigenvalue weighted by Gasteiger charge is -2.12. The molecule has 1 heterocycles. The highest BCUT2D eigenvalue weighted by molar-refractivity contribution is 8.00. The number of hydrogen-bond donors (Lipinski definition) is 2. The number of nitrogens with zero attached hydrogens (tertiary/aromatic N) is 1. The molecule has 0 saturated heterocycles. The molecule has 2 aromatic rings. The fraction of sp³-hybridized carbons (Fsp3) is 0.312. The van der Waals surface area contributed by atoms with Crippen LogP contribution in [0.15, 0.2) is 34.2 Å². The molecule has 0 saturated carbocycles. The number of carbonyl (C=O) groups excluding carboxylic acids is 1. The lowest BCUT2D eigenvalue weighted by Crippen LogP contribution is -2.24. The highest BCUT2D eigenvalue weighted by Crippen LogP contribution is 2.22. The Kier molecular flexibility index (Phi) is 7.01. The quantitative estimate of drug-likeness (QED) is 0.564. The van der Waals surface area contributed by atoms with E-state index in [1.165, 1.54) is 6.07 Å². The molecule has 1 unspecified atom stereocenters. The fourth-order valence-corrected chi connectivity index (χ4v) is 3.26.